The molecule has 4 aromatic rings. The number of amides is 1. The first-order valence-corrected chi connectivity index (χ1v) is 12.2. The molecule has 4 heterocycles. The van der Waals surface area contributed by atoms with E-state index in [2.05, 4.69) is 30.9 Å². The highest BCUT2D eigenvalue weighted by Crippen LogP contribution is 2.52. The molecule has 2 N–H and O–H groups in total. The zero-order valence-corrected chi connectivity index (χ0v) is 20.7. The first-order chi connectivity index (χ1) is 16.3. The van der Waals surface area contributed by atoms with Crippen LogP contribution in [0.5, 0.6) is 0 Å². The third-order valence-corrected chi connectivity index (χ3v) is 8.50. The summed E-state index contributed by atoms with van der Waals surface area (Å²) >= 11 is 15.7. The Balaban J connectivity index is 1.34. The largest absolute Gasteiger partial charge is 0.390 e. The maximum atomic E-state index is 13.1. The van der Waals surface area contributed by atoms with Gasteiger partial charge in [0.05, 0.1) is 27.5 Å². The van der Waals surface area contributed by atoms with Crippen molar-refractivity contribution >= 4 is 72.7 Å². The van der Waals surface area contributed by atoms with Crippen LogP contribution in [0, 0.1) is 5.41 Å². The molecule has 0 bridgehead atoms. The van der Waals surface area contributed by atoms with Gasteiger partial charge >= 0.3 is 0 Å². The smallest absolute Gasteiger partial charge is 0.227 e. The monoisotopic (exact) mass is 561 g/mol. The summed E-state index contributed by atoms with van der Waals surface area (Å²) in [6.07, 6.45) is 1.55. The lowest BCUT2D eigenvalue weighted by molar-refractivity contribution is -0.118. The molecule has 1 amide bonds. The predicted molar refractivity (Wildman–Crippen MR) is 132 cm³/mol. The van der Waals surface area contributed by atoms with Gasteiger partial charge in [0.25, 0.3) is 0 Å². The maximum Gasteiger partial charge on any atom is 0.227 e. The van der Waals surface area contributed by atoms with E-state index >= 15 is 0 Å². The first-order valence-electron chi connectivity index (χ1n) is 10.7. The topological polar surface area (TPSA) is 104 Å². The Kier molecular flexibility index (Phi) is 5.13. The maximum absolute atomic E-state index is 13.1. The molecule has 1 aromatic carbocycles. The Morgan fingerprint density at radius 1 is 1.12 bits per heavy atom. The summed E-state index contributed by atoms with van der Waals surface area (Å²) in [4.78, 5) is 27.5. The van der Waals surface area contributed by atoms with Gasteiger partial charge in [0.1, 0.15) is 28.4 Å². The SMILES string of the molecule is O=C1CC2(CC(n3ccc4c(Cl)ncnc43)C(O)C2O)CN1c1ccc2cc(Br)c(Cl)nc2c1. The fourth-order valence-electron chi connectivity index (χ4n) is 5.40. The Morgan fingerprint density at radius 2 is 1.94 bits per heavy atom. The predicted octanol–water partition coefficient (Wildman–Crippen LogP) is 4.14. The van der Waals surface area contributed by atoms with Crippen LogP contribution in [0.3, 0.4) is 0 Å². The zero-order valence-electron chi connectivity index (χ0n) is 17.6. The van der Waals surface area contributed by atoms with Crippen molar-refractivity contribution in [1.82, 2.24) is 19.5 Å². The fourth-order valence-corrected chi connectivity index (χ4v) is 6.07. The quantitative estimate of drug-likeness (QED) is 0.281. The molecule has 11 heteroatoms. The van der Waals surface area contributed by atoms with Crippen molar-refractivity contribution in [2.75, 3.05) is 11.4 Å². The van der Waals surface area contributed by atoms with E-state index in [4.69, 9.17) is 23.2 Å². The minimum atomic E-state index is -1.08. The minimum Gasteiger partial charge on any atom is -0.390 e. The van der Waals surface area contributed by atoms with E-state index < -0.39 is 23.7 Å². The van der Waals surface area contributed by atoms with E-state index in [1.807, 2.05) is 28.8 Å². The van der Waals surface area contributed by atoms with Gasteiger partial charge in [-0.15, -0.1) is 0 Å². The normalized spacial score (nSPS) is 27.0. The average molecular weight is 563 g/mol. The van der Waals surface area contributed by atoms with Crippen LogP contribution in [0.1, 0.15) is 18.9 Å². The van der Waals surface area contributed by atoms with Crippen LogP contribution in [0.25, 0.3) is 21.9 Å². The number of pyridine rings is 1. The van der Waals surface area contributed by atoms with Crippen molar-refractivity contribution in [3.8, 4) is 0 Å². The summed E-state index contributed by atoms with van der Waals surface area (Å²) in [5.41, 5.74) is 1.13. The number of nitrogens with zero attached hydrogens (tertiary/aromatic N) is 5. The second-order valence-electron chi connectivity index (χ2n) is 8.99. The average Bonchev–Trinajstić information content (AvgIpc) is 3.45. The van der Waals surface area contributed by atoms with Crippen molar-refractivity contribution in [3.05, 3.63) is 57.6 Å². The van der Waals surface area contributed by atoms with Crippen molar-refractivity contribution < 1.29 is 15.0 Å². The number of aliphatic hydroxyl groups excluding tert-OH is 2. The number of aliphatic hydroxyl groups is 2. The highest BCUT2D eigenvalue weighted by Gasteiger charge is 2.58. The van der Waals surface area contributed by atoms with Gasteiger partial charge in [-0.2, -0.15) is 0 Å². The van der Waals surface area contributed by atoms with E-state index in [-0.39, 0.29) is 18.9 Å². The third kappa shape index (κ3) is 3.25. The zero-order chi connectivity index (χ0) is 23.8. The minimum absolute atomic E-state index is 0.114. The van der Waals surface area contributed by atoms with Crippen LogP contribution in [-0.4, -0.2) is 54.4 Å². The van der Waals surface area contributed by atoms with Gasteiger partial charge in [0, 0.05) is 35.7 Å². The van der Waals surface area contributed by atoms with Crippen LogP contribution in [0.15, 0.2) is 47.3 Å². The summed E-state index contributed by atoms with van der Waals surface area (Å²) in [7, 11) is 0. The molecule has 1 saturated heterocycles. The summed E-state index contributed by atoms with van der Waals surface area (Å²) < 4.78 is 2.52. The molecule has 3 aromatic heterocycles. The van der Waals surface area contributed by atoms with Crippen molar-refractivity contribution in [2.45, 2.75) is 31.1 Å². The molecule has 4 unspecified atom stereocenters. The molecule has 174 valence electrons. The summed E-state index contributed by atoms with van der Waals surface area (Å²) in [6.45, 7) is 0.283. The van der Waals surface area contributed by atoms with Gasteiger partial charge < -0.3 is 19.7 Å². The van der Waals surface area contributed by atoms with E-state index in [1.54, 1.807) is 17.2 Å². The molecular formula is C23H18BrCl2N5O3. The number of benzene rings is 1. The fraction of sp³-hybridized carbons (Fsp3) is 0.304. The number of hydrogen-bond acceptors (Lipinski definition) is 6. The molecule has 2 aliphatic rings. The lowest BCUT2D eigenvalue weighted by Gasteiger charge is -2.27. The molecular weight excluding hydrogens is 545 g/mol. The summed E-state index contributed by atoms with van der Waals surface area (Å²) in [6, 6.07) is 8.77. The van der Waals surface area contributed by atoms with Crippen molar-refractivity contribution in [2.24, 2.45) is 5.41 Å². The van der Waals surface area contributed by atoms with Gasteiger partial charge in [-0.3, -0.25) is 4.79 Å². The van der Waals surface area contributed by atoms with Crippen molar-refractivity contribution in [1.29, 1.82) is 0 Å². The van der Waals surface area contributed by atoms with Crippen LogP contribution >= 0.6 is 39.1 Å². The molecule has 1 aliphatic heterocycles. The Labute approximate surface area is 212 Å². The van der Waals surface area contributed by atoms with Crippen molar-refractivity contribution in [3.63, 3.8) is 0 Å². The lowest BCUT2D eigenvalue weighted by atomic mass is 9.82. The highest BCUT2D eigenvalue weighted by atomic mass is 79.9. The van der Waals surface area contributed by atoms with Gasteiger partial charge in [0.15, 0.2) is 0 Å². The van der Waals surface area contributed by atoms with E-state index in [1.165, 1.54) is 6.33 Å². The van der Waals surface area contributed by atoms with E-state index in [0.717, 1.165) is 5.39 Å². The molecule has 0 radical (unpaired) electrons. The number of halogens is 3. The second kappa shape index (κ2) is 7.86. The van der Waals surface area contributed by atoms with Gasteiger partial charge in [-0.05, 0) is 46.6 Å². The van der Waals surface area contributed by atoms with Gasteiger partial charge in [-0.25, -0.2) is 15.0 Å². The molecule has 1 saturated carbocycles. The molecule has 34 heavy (non-hydrogen) atoms. The Hall–Kier alpha value is -2.30. The molecule has 1 spiro atoms. The number of fused-ring (bicyclic) bond motifs is 2. The number of carbonyl (C=O) groups excluding carboxylic acids is 1. The molecule has 6 rings (SSSR count). The Bertz CT molecular complexity index is 1480. The number of aromatic nitrogens is 4. The number of carbonyl (C=O) groups is 1. The number of rotatable bonds is 2. The second-order valence-corrected chi connectivity index (χ2v) is 10.6. The third-order valence-electron chi connectivity index (χ3n) is 7.08. The van der Waals surface area contributed by atoms with Crippen LogP contribution in [0.2, 0.25) is 10.3 Å². The molecule has 8 nitrogen and oxygen atoms in total. The molecule has 2 fully saturated rings. The van der Waals surface area contributed by atoms with Gasteiger partial charge in [-0.1, -0.05) is 29.3 Å². The summed E-state index contributed by atoms with van der Waals surface area (Å²) in [5.74, 6) is -0.114. The first kappa shape index (κ1) is 22.2. The van der Waals surface area contributed by atoms with E-state index in [0.29, 0.717) is 43.4 Å². The van der Waals surface area contributed by atoms with Crippen LogP contribution in [-0.2, 0) is 4.79 Å². The molecule has 1 aliphatic carbocycles. The molecule has 4 atom stereocenters. The summed E-state index contributed by atoms with van der Waals surface area (Å²) in [5, 5.41) is 24.4. The highest BCUT2D eigenvalue weighted by molar-refractivity contribution is 9.10. The van der Waals surface area contributed by atoms with Gasteiger partial charge in [0.2, 0.25) is 5.91 Å². The number of anilines is 1. The van der Waals surface area contributed by atoms with Crippen LogP contribution in [0.4, 0.5) is 5.69 Å². The van der Waals surface area contributed by atoms with E-state index in [9.17, 15) is 15.0 Å². The lowest BCUT2D eigenvalue weighted by Crippen LogP contribution is -2.38. The standard InChI is InChI=1S/C23H18BrCl2N5O3/c24-14-5-11-1-2-12(6-15(11)29-21(14)26)31-9-23(8-17(31)32)7-16(18(33)19(23)34)30-4-3-13-20(25)27-10-28-22(13)30/h1-6,10,16,18-19,33-34H,7-9H2. The number of hydrogen-bond donors (Lipinski definition) is 2. The van der Waals surface area contributed by atoms with Crippen LogP contribution < -0.4 is 4.90 Å². The Morgan fingerprint density at radius 3 is 2.76 bits per heavy atom.